The number of aromatic nitrogens is 2. The van der Waals surface area contributed by atoms with Crippen LogP contribution in [-0.4, -0.2) is 30.6 Å². The van der Waals surface area contributed by atoms with E-state index in [9.17, 15) is 17.6 Å². The van der Waals surface area contributed by atoms with Crippen LogP contribution < -0.4 is 10.0 Å². The minimum atomic E-state index is -4.05. The SMILES string of the molecule is CC[C@H](C)NC(=O)c1cn[nH]c1S(=O)(=O)Nc1ccc(F)cc1. The number of hydrogen-bond acceptors (Lipinski definition) is 4. The fourth-order valence-electron chi connectivity index (χ4n) is 1.77. The number of anilines is 1. The molecular weight excluding hydrogens is 323 g/mol. The molecule has 1 aromatic carbocycles. The van der Waals surface area contributed by atoms with Crippen LogP contribution in [0.3, 0.4) is 0 Å². The molecule has 0 aliphatic rings. The Balaban J connectivity index is 2.25. The maximum atomic E-state index is 12.9. The number of carbonyl (C=O) groups excluding carboxylic acids is 1. The lowest BCUT2D eigenvalue weighted by Gasteiger charge is -2.12. The van der Waals surface area contributed by atoms with E-state index in [1.807, 2.05) is 13.8 Å². The van der Waals surface area contributed by atoms with Crippen molar-refractivity contribution in [2.75, 3.05) is 4.72 Å². The Labute approximate surface area is 133 Å². The third-order valence-electron chi connectivity index (χ3n) is 3.20. The predicted molar refractivity (Wildman–Crippen MR) is 83.0 cm³/mol. The summed E-state index contributed by atoms with van der Waals surface area (Å²) >= 11 is 0. The second-order valence-electron chi connectivity index (χ2n) is 5.01. The molecule has 0 radical (unpaired) electrons. The van der Waals surface area contributed by atoms with E-state index < -0.39 is 21.7 Å². The Morgan fingerprint density at radius 3 is 2.61 bits per heavy atom. The highest BCUT2D eigenvalue weighted by Gasteiger charge is 2.25. The van der Waals surface area contributed by atoms with E-state index in [-0.39, 0.29) is 22.3 Å². The summed E-state index contributed by atoms with van der Waals surface area (Å²) in [6.45, 7) is 3.71. The molecule has 9 heteroatoms. The normalized spacial score (nSPS) is 12.7. The van der Waals surface area contributed by atoms with Crippen molar-refractivity contribution in [3.05, 3.63) is 41.8 Å². The van der Waals surface area contributed by atoms with Gasteiger partial charge in [0.05, 0.1) is 11.8 Å². The first kappa shape index (κ1) is 16.9. The second-order valence-corrected chi connectivity index (χ2v) is 6.63. The number of halogens is 1. The smallest absolute Gasteiger partial charge is 0.279 e. The summed E-state index contributed by atoms with van der Waals surface area (Å²) in [6, 6.07) is 4.71. The molecule has 23 heavy (non-hydrogen) atoms. The molecule has 7 nitrogen and oxygen atoms in total. The number of sulfonamides is 1. The lowest BCUT2D eigenvalue weighted by molar-refractivity contribution is 0.0936. The molecule has 0 aliphatic heterocycles. The van der Waals surface area contributed by atoms with Gasteiger partial charge in [0.25, 0.3) is 15.9 Å². The van der Waals surface area contributed by atoms with E-state index in [1.165, 1.54) is 12.1 Å². The van der Waals surface area contributed by atoms with Gasteiger partial charge in [-0.15, -0.1) is 0 Å². The van der Waals surface area contributed by atoms with E-state index in [1.54, 1.807) is 0 Å². The summed E-state index contributed by atoms with van der Waals surface area (Å²) in [4.78, 5) is 12.1. The number of H-pyrrole nitrogens is 1. The minimum Gasteiger partial charge on any atom is -0.349 e. The molecule has 0 spiro atoms. The van der Waals surface area contributed by atoms with Gasteiger partial charge in [-0.3, -0.25) is 14.6 Å². The third kappa shape index (κ3) is 4.07. The van der Waals surface area contributed by atoms with Gasteiger partial charge in [0.1, 0.15) is 5.82 Å². The molecule has 0 fully saturated rings. The first-order chi connectivity index (χ1) is 10.8. The molecule has 1 atom stereocenters. The van der Waals surface area contributed by atoms with Gasteiger partial charge in [-0.05, 0) is 37.6 Å². The van der Waals surface area contributed by atoms with E-state index in [4.69, 9.17) is 0 Å². The van der Waals surface area contributed by atoms with Crippen molar-refractivity contribution < 1.29 is 17.6 Å². The summed E-state index contributed by atoms with van der Waals surface area (Å²) in [6.07, 6.45) is 1.86. The van der Waals surface area contributed by atoms with Crippen LogP contribution in [0.25, 0.3) is 0 Å². The zero-order chi connectivity index (χ0) is 17.0. The number of aromatic amines is 1. The van der Waals surface area contributed by atoms with Crippen LogP contribution in [-0.2, 0) is 10.0 Å². The molecule has 0 saturated carbocycles. The van der Waals surface area contributed by atoms with Crippen LogP contribution in [0, 0.1) is 5.82 Å². The van der Waals surface area contributed by atoms with Crippen molar-refractivity contribution in [3.63, 3.8) is 0 Å². The summed E-state index contributed by atoms with van der Waals surface area (Å²) in [7, 11) is -4.05. The lowest BCUT2D eigenvalue weighted by atomic mass is 10.2. The molecule has 2 rings (SSSR count). The fraction of sp³-hybridized carbons (Fsp3) is 0.286. The zero-order valence-electron chi connectivity index (χ0n) is 12.6. The number of carbonyl (C=O) groups is 1. The first-order valence-corrected chi connectivity index (χ1v) is 8.44. The van der Waals surface area contributed by atoms with Gasteiger partial charge >= 0.3 is 0 Å². The van der Waals surface area contributed by atoms with Crippen molar-refractivity contribution in [1.29, 1.82) is 0 Å². The molecule has 3 N–H and O–H groups in total. The number of nitrogens with one attached hydrogen (secondary N) is 3. The Morgan fingerprint density at radius 1 is 1.35 bits per heavy atom. The van der Waals surface area contributed by atoms with Crippen LogP contribution in [0.4, 0.5) is 10.1 Å². The van der Waals surface area contributed by atoms with Gasteiger partial charge in [-0.25, -0.2) is 4.39 Å². The van der Waals surface area contributed by atoms with Gasteiger partial charge < -0.3 is 5.32 Å². The van der Waals surface area contributed by atoms with Crippen LogP contribution >= 0.6 is 0 Å². The number of nitrogens with zero attached hydrogens (tertiary/aromatic N) is 1. The van der Waals surface area contributed by atoms with Crippen LogP contribution in [0.5, 0.6) is 0 Å². The Bertz CT molecular complexity index is 787. The lowest BCUT2D eigenvalue weighted by Crippen LogP contribution is -2.33. The van der Waals surface area contributed by atoms with E-state index in [0.29, 0.717) is 6.42 Å². The first-order valence-electron chi connectivity index (χ1n) is 6.96. The Kier molecular flexibility index (Phi) is 4.99. The maximum absolute atomic E-state index is 12.9. The summed E-state index contributed by atoms with van der Waals surface area (Å²) in [5, 5.41) is 8.28. The van der Waals surface area contributed by atoms with Crippen molar-refractivity contribution >= 4 is 21.6 Å². The standard InChI is InChI=1S/C14H17FN4O3S/c1-3-9(2)17-13(20)12-8-16-18-14(12)23(21,22)19-11-6-4-10(15)5-7-11/h4-9,19H,3H2,1-2H3,(H,16,18)(H,17,20)/t9-/m0/s1. The molecule has 2 aromatic rings. The maximum Gasteiger partial charge on any atom is 0.279 e. The monoisotopic (exact) mass is 340 g/mol. The number of rotatable bonds is 6. The quantitative estimate of drug-likeness (QED) is 0.747. The van der Waals surface area contributed by atoms with Crippen LogP contribution in [0.2, 0.25) is 0 Å². The molecule has 0 unspecified atom stereocenters. The molecule has 1 heterocycles. The van der Waals surface area contributed by atoms with Crippen LogP contribution in [0.1, 0.15) is 30.6 Å². The number of benzene rings is 1. The number of hydrogen-bond donors (Lipinski definition) is 3. The average molecular weight is 340 g/mol. The van der Waals surface area contributed by atoms with Crippen molar-refractivity contribution in [1.82, 2.24) is 15.5 Å². The summed E-state index contributed by atoms with van der Waals surface area (Å²) < 4.78 is 39.9. The highest BCUT2D eigenvalue weighted by atomic mass is 32.2. The molecular formula is C14H17FN4O3S. The zero-order valence-corrected chi connectivity index (χ0v) is 13.4. The van der Waals surface area contributed by atoms with E-state index >= 15 is 0 Å². The van der Waals surface area contributed by atoms with E-state index in [2.05, 4.69) is 20.2 Å². The largest absolute Gasteiger partial charge is 0.349 e. The van der Waals surface area contributed by atoms with Gasteiger partial charge in [0, 0.05) is 11.7 Å². The van der Waals surface area contributed by atoms with Crippen molar-refractivity contribution in [2.45, 2.75) is 31.3 Å². The van der Waals surface area contributed by atoms with Gasteiger partial charge in [-0.2, -0.15) is 13.5 Å². The van der Waals surface area contributed by atoms with Gasteiger partial charge in [0.2, 0.25) is 0 Å². The molecule has 1 aromatic heterocycles. The summed E-state index contributed by atoms with van der Waals surface area (Å²) in [5.41, 5.74) is 0.0918. The van der Waals surface area contributed by atoms with Crippen molar-refractivity contribution in [2.24, 2.45) is 0 Å². The minimum absolute atomic E-state index is 0.0834. The molecule has 1 amide bonds. The molecule has 0 saturated heterocycles. The summed E-state index contributed by atoms with van der Waals surface area (Å²) in [5.74, 6) is -1.02. The topological polar surface area (TPSA) is 104 Å². The van der Waals surface area contributed by atoms with E-state index in [0.717, 1.165) is 18.3 Å². The highest BCUT2D eigenvalue weighted by Crippen LogP contribution is 2.18. The molecule has 124 valence electrons. The van der Waals surface area contributed by atoms with Gasteiger partial charge in [-0.1, -0.05) is 6.92 Å². The molecule has 0 aliphatic carbocycles. The second kappa shape index (κ2) is 6.78. The van der Waals surface area contributed by atoms with Gasteiger partial charge in [0.15, 0.2) is 5.03 Å². The van der Waals surface area contributed by atoms with Crippen molar-refractivity contribution in [3.8, 4) is 0 Å². The third-order valence-corrected chi connectivity index (χ3v) is 4.56. The molecule has 0 bridgehead atoms. The predicted octanol–water partition coefficient (Wildman–Crippen LogP) is 1.88. The average Bonchev–Trinajstić information content (AvgIpc) is 3.00. The number of amides is 1. The fourth-order valence-corrected chi connectivity index (χ4v) is 2.92. The Morgan fingerprint density at radius 2 is 2.00 bits per heavy atom. The highest BCUT2D eigenvalue weighted by molar-refractivity contribution is 7.92. The van der Waals surface area contributed by atoms with Crippen LogP contribution in [0.15, 0.2) is 35.5 Å². The Hall–Kier alpha value is -2.42.